The number of methoxy groups -OCH3 is 2. The number of aryl methyl sites for hydroxylation is 1. The minimum Gasteiger partial charge on any atom is -0.497 e. The highest BCUT2D eigenvalue weighted by Gasteiger charge is 2.14. The van der Waals surface area contributed by atoms with Crippen molar-refractivity contribution in [2.75, 3.05) is 59.3 Å². The molecule has 1 aliphatic rings. The second kappa shape index (κ2) is 14.3. The molecule has 9 nitrogen and oxygen atoms in total. The maximum Gasteiger partial charge on any atom is 0.261 e. The summed E-state index contributed by atoms with van der Waals surface area (Å²) in [5.74, 6) is 1.73. The van der Waals surface area contributed by atoms with Crippen molar-refractivity contribution in [1.29, 1.82) is 0 Å². The minimum atomic E-state index is -0.148. The van der Waals surface area contributed by atoms with Crippen molar-refractivity contribution in [3.8, 4) is 22.1 Å². The average Bonchev–Trinajstić information content (AvgIpc) is 3.52. The zero-order chi connectivity index (χ0) is 29.3. The van der Waals surface area contributed by atoms with E-state index in [0.29, 0.717) is 28.9 Å². The van der Waals surface area contributed by atoms with Crippen LogP contribution < -0.4 is 20.1 Å². The molecule has 10 heteroatoms. The van der Waals surface area contributed by atoms with Crippen LogP contribution in [0.3, 0.4) is 0 Å². The van der Waals surface area contributed by atoms with Crippen molar-refractivity contribution in [3.63, 3.8) is 0 Å². The van der Waals surface area contributed by atoms with Crippen molar-refractivity contribution < 1.29 is 14.3 Å². The first-order chi connectivity index (χ1) is 20.5. The van der Waals surface area contributed by atoms with Crippen LogP contribution in [-0.4, -0.2) is 79.7 Å². The van der Waals surface area contributed by atoms with Crippen LogP contribution in [-0.2, 0) is 13.0 Å². The van der Waals surface area contributed by atoms with Crippen LogP contribution in [0.15, 0.2) is 66.9 Å². The van der Waals surface area contributed by atoms with Gasteiger partial charge in [-0.3, -0.25) is 4.79 Å². The Hall–Kier alpha value is -3.99. The van der Waals surface area contributed by atoms with Crippen molar-refractivity contribution in [1.82, 2.24) is 25.1 Å². The first-order valence-electron chi connectivity index (χ1n) is 14.2. The standard InChI is InChI=1S/C32H38N6O3S/c1-37-14-16-38(17-15-37)13-5-7-23-6-4-8-25(18-23)35-32-33-12-11-28(36-32)29-9-10-30(42-29)31(39)34-22-24-19-26(40-2)21-27(20-24)41-3/h4,6,8-12,18-21H,5,7,13-17,22H2,1-3H3,(H,34,39)(H,33,35,36). The molecule has 0 spiro atoms. The van der Waals surface area contributed by atoms with Crippen LogP contribution >= 0.6 is 11.3 Å². The molecule has 42 heavy (non-hydrogen) atoms. The molecule has 0 atom stereocenters. The lowest BCUT2D eigenvalue weighted by atomic mass is 10.1. The summed E-state index contributed by atoms with van der Waals surface area (Å²) in [6.07, 6.45) is 3.91. The lowest BCUT2D eigenvalue weighted by Crippen LogP contribution is -2.44. The number of hydrogen-bond acceptors (Lipinski definition) is 9. The number of rotatable bonds is 12. The van der Waals surface area contributed by atoms with Crippen molar-refractivity contribution in [2.45, 2.75) is 19.4 Å². The number of anilines is 2. The number of nitrogens with zero attached hydrogens (tertiary/aromatic N) is 4. The average molecular weight is 587 g/mol. The summed E-state index contributed by atoms with van der Waals surface area (Å²) in [7, 11) is 5.40. The van der Waals surface area contributed by atoms with Crippen LogP contribution in [0.1, 0.15) is 27.2 Å². The molecule has 1 amide bonds. The second-order valence-electron chi connectivity index (χ2n) is 10.4. The molecule has 5 rings (SSSR count). The summed E-state index contributed by atoms with van der Waals surface area (Å²) >= 11 is 1.40. The van der Waals surface area contributed by atoms with Crippen molar-refractivity contribution in [3.05, 3.63) is 82.9 Å². The molecular formula is C32H38N6O3S. The molecule has 2 N–H and O–H groups in total. The molecule has 0 bridgehead atoms. The van der Waals surface area contributed by atoms with Crippen LogP contribution in [0.2, 0.25) is 0 Å². The first kappa shape index (κ1) is 29.5. The molecule has 0 radical (unpaired) electrons. The van der Waals surface area contributed by atoms with Gasteiger partial charge in [0.1, 0.15) is 11.5 Å². The second-order valence-corrected chi connectivity index (χ2v) is 11.5. The third-order valence-electron chi connectivity index (χ3n) is 7.32. The van der Waals surface area contributed by atoms with E-state index < -0.39 is 0 Å². The topological polar surface area (TPSA) is 91.8 Å². The Labute approximate surface area is 251 Å². The van der Waals surface area contributed by atoms with E-state index in [1.807, 2.05) is 36.4 Å². The van der Waals surface area contributed by atoms with Gasteiger partial charge in [-0.1, -0.05) is 12.1 Å². The fraction of sp³-hybridized carbons (Fsp3) is 0.344. The third kappa shape index (κ3) is 8.06. The Morgan fingerprint density at radius 3 is 2.50 bits per heavy atom. The zero-order valence-corrected chi connectivity index (χ0v) is 25.2. The van der Waals surface area contributed by atoms with E-state index in [2.05, 4.69) is 50.7 Å². The van der Waals surface area contributed by atoms with Crippen LogP contribution in [0.5, 0.6) is 11.5 Å². The number of amides is 1. The Balaban J connectivity index is 1.16. The van der Waals surface area contributed by atoms with Gasteiger partial charge in [0, 0.05) is 50.7 Å². The summed E-state index contributed by atoms with van der Waals surface area (Å²) in [6.45, 7) is 6.10. The molecule has 0 aliphatic carbocycles. The van der Waals surface area contributed by atoms with Gasteiger partial charge in [0.25, 0.3) is 5.91 Å². The van der Waals surface area contributed by atoms with E-state index in [0.717, 1.165) is 67.4 Å². The van der Waals surface area contributed by atoms with E-state index in [4.69, 9.17) is 14.5 Å². The van der Waals surface area contributed by atoms with Gasteiger partial charge in [0.05, 0.1) is 29.7 Å². The van der Waals surface area contributed by atoms with Crippen LogP contribution in [0, 0.1) is 0 Å². The van der Waals surface area contributed by atoms with Crippen molar-refractivity contribution in [2.24, 2.45) is 0 Å². The quantitative estimate of drug-likeness (QED) is 0.238. The number of nitrogens with one attached hydrogen (secondary N) is 2. The maximum absolute atomic E-state index is 12.9. The van der Waals surface area contributed by atoms with Gasteiger partial charge in [0.2, 0.25) is 5.95 Å². The lowest BCUT2D eigenvalue weighted by Gasteiger charge is -2.32. The Kier molecular flexibility index (Phi) is 10.0. The summed E-state index contributed by atoms with van der Waals surface area (Å²) < 4.78 is 10.6. The highest BCUT2D eigenvalue weighted by molar-refractivity contribution is 7.17. The van der Waals surface area contributed by atoms with E-state index in [1.165, 1.54) is 16.9 Å². The number of piperazine rings is 1. The van der Waals surface area contributed by atoms with Crippen LogP contribution in [0.25, 0.3) is 10.6 Å². The van der Waals surface area contributed by atoms with Gasteiger partial charge in [-0.25, -0.2) is 9.97 Å². The fourth-order valence-electron chi connectivity index (χ4n) is 4.90. The van der Waals surface area contributed by atoms with Crippen molar-refractivity contribution >= 4 is 28.9 Å². The van der Waals surface area contributed by atoms with E-state index in [1.54, 1.807) is 26.5 Å². The summed E-state index contributed by atoms with van der Waals surface area (Å²) in [5, 5.41) is 6.33. The first-order valence-corrected chi connectivity index (χ1v) is 15.0. The number of likely N-dealkylation sites (N-methyl/N-ethyl adjacent to an activating group) is 1. The Bertz CT molecular complexity index is 1460. The predicted molar refractivity (Wildman–Crippen MR) is 168 cm³/mol. The number of carbonyl (C=O) groups is 1. The molecule has 2 aromatic carbocycles. The lowest BCUT2D eigenvalue weighted by molar-refractivity contribution is 0.0955. The van der Waals surface area contributed by atoms with Gasteiger partial charge in [0.15, 0.2) is 0 Å². The zero-order valence-electron chi connectivity index (χ0n) is 24.4. The minimum absolute atomic E-state index is 0.148. The van der Waals surface area contributed by atoms with Gasteiger partial charge in [-0.05, 0) is 80.0 Å². The smallest absolute Gasteiger partial charge is 0.261 e. The van der Waals surface area contributed by atoms with E-state index in [-0.39, 0.29) is 5.91 Å². The Morgan fingerprint density at radius 2 is 1.74 bits per heavy atom. The normalized spacial score (nSPS) is 14.0. The van der Waals surface area contributed by atoms with E-state index >= 15 is 0 Å². The summed E-state index contributed by atoms with van der Waals surface area (Å²) in [4.78, 5) is 28.5. The molecule has 3 heterocycles. The molecule has 2 aromatic heterocycles. The van der Waals surface area contributed by atoms with Gasteiger partial charge >= 0.3 is 0 Å². The number of thiophene rings is 1. The number of ether oxygens (including phenoxy) is 2. The van der Waals surface area contributed by atoms with Gasteiger partial charge in [-0.2, -0.15) is 0 Å². The highest BCUT2D eigenvalue weighted by Crippen LogP contribution is 2.28. The monoisotopic (exact) mass is 586 g/mol. The molecule has 220 valence electrons. The van der Waals surface area contributed by atoms with E-state index in [9.17, 15) is 4.79 Å². The molecule has 1 aliphatic heterocycles. The summed E-state index contributed by atoms with van der Waals surface area (Å²) in [6, 6.07) is 19.6. The molecule has 1 saturated heterocycles. The molecule has 0 unspecified atom stereocenters. The predicted octanol–water partition coefficient (Wildman–Crippen LogP) is 5.08. The highest BCUT2D eigenvalue weighted by atomic mass is 32.1. The SMILES string of the molecule is COc1cc(CNC(=O)c2ccc(-c3ccnc(Nc4cccc(CCCN5CCN(C)CC5)c4)n3)s2)cc(OC)c1. The van der Waals surface area contributed by atoms with Gasteiger partial charge < -0.3 is 29.9 Å². The molecule has 4 aromatic rings. The number of carbonyl (C=O) groups excluding carboxylic acids is 1. The fourth-order valence-corrected chi connectivity index (χ4v) is 5.80. The summed E-state index contributed by atoms with van der Waals surface area (Å²) in [5.41, 5.74) is 3.91. The number of aromatic nitrogens is 2. The molecule has 1 fully saturated rings. The molecule has 0 saturated carbocycles. The Morgan fingerprint density at radius 1 is 0.952 bits per heavy atom. The maximum atomic E-state index is 12.9. The third-order valence-corrected chi connectivity index (χ3v) is 8.43. The van der Waals surface area contributed by atoms with Crippen LogP contribution in [0.4, 0.5) is 11.6 Å². The number of benzene rings is 2. The van der Waals surface area contributed by atoms with Gasteiger partial charge in [-0.15, -0.1) is 11.3 Å². The molecular weight excluding hydrogens is 548 g/mol. The largest absolute Gasteiger partial charge is 0.497 e. The number of hydrogen-bond donors (Lipinski definition) is 2.